The average molecular weight is 153 g/mol. The normalized spacial score (nSPS) is 10.5. The largest absolute Gasteiger partial charge is 0.311 e. The molecule has 1 aromatic heterocycles. The molecule has 1 aromatic rings. The van der Waals surface area contributed by atoms with Crippen LogP contribution >= 0.6 is 0 Å². The monoisotopic (exact) mass is 153 g/mol. The van der Waals surface area contributed by atoms with Crippen LogP contribution in [-0.4, -0.2) is 16.3 Å². The second-order valence-electron chi connectivity index (χ2n) is 2.68. The van der Waals surface area contributed by atoms with Gasteiger partial charge in [0, 0.05) is 13.6 Å². The highest BCUT2D eigenvalue weighted by Crippen LogP contribution is 2.03. The third kappa shape index (κ3) is 1.80. The topological polar surface area (TPSA) is 29.9 Å². The summed E-state index contributed by atoms with van der Waals surface area (Å²) >= 11 is 0. The van der Waals surface area contributed by atoms with Crippen LogP contribution in [0, 0.1) is 6.92 Å². The molecule has 0 aliphatic heterocycles. The minimum atomic E-state index is 0.916. The zero-order valence-electron chi connectivity index (χ0n) is 7.39. The Morgan fingerprint density at radius 2 is 2.36 bits per heavy atom. The second kappa shape index (κ2) is 3.53. The van der Waals surface area contributed by atoms with Crippen LogP contribution in [0.4, 0.5) is 0 Å². The van der Waals surface area contributed by atoms with Crippen LogP contribution in [0.15, 0.2) is 6.20 Å². The summed E-state index contributed by atoms with van der Waals surface area (Å²) in [6.07, 6.45) is 1.90. The number of nitrogens with one attached hydrogen (secondary N) is 1. The molecule has 0 amide bonds. The van der Waals surface area contributed by atoms with Crippen molar-refractivity contribution in [3.8, 4) is 0 Å². The van der Waals surface area contributed by atoms with Crippen molar-refractivity contribution in [1.82, 2.24) is 15.1 Å². The van der Waals surface area contributed by atoms with Crippen LogP contribution in [0.25, 0.3) is 0 Å². The summed E-state index contributed by atoms with van der Waals surface area (Å²) in [7, 11) is 1.97. The Hall–Kier alpha value is -0.830. The van der Waals surface area contributed by atoms with Crippen molar-refractivity contribution in [3.05, 3.63) is 17.5 Å². The van der Waals surface area contributed by atoms with E-state index in [0.717, 1.165) is 13.1 Å². The Kier molecular flexibility index (Phi) is 2.65. The van der Waals surface area contributed by atoms with Gasteiger partial charge in [-0.25, -0.2) is 0 Å². The fourth-order valence-corrected chi connectivity index (χ4v) is 1.07. The molecule has 1 N–H and O–H groups in total. The minimum Gasteiger partial charge on any atom is -0.311 e. The first-order chi connectivity index (χ1) is 5.25. The SMILES string of the molecule is CCNCc1c(C)cnn1C. The van der Waals surface area contributed by atoms with Gasteiger partial charge in [0.1, 0.15) is 0 Å². The lowest BCUT2D eigenvalue weighted by molar-refractivity contribution is 0.640. The smallest absolute Gasteiger partial charge is 0.0547 e. The molecule has 0 saturated heterocycles. The van der Waals surface area contributed by atoms with Crippen molar-refractivity contribution in [2.24, 2.45) is 7.05 Å². The molecule has 0 aliphatic rings. The van der Waals surface area contributed by atoms with Crippen molar-refractivity contribution in [3.63, 3.8) is 0 Å². The first kappa shape index (κ1) is 8.27. The van der Waals surface area contributed by atoms with Gasteiger partial charge in [-0.1, -0.05) is 6.92 Å². The van der Waals surface area contributed by atoms with E-state index in [1.165, 1.54) is 11.3 Å². The Bertz CT molecular complexity index is 208. The molecule has 0 saturated carbocycles. The van der Waals surface area contributed by atoms with Gasteiger partial charge in [-0.05, 0) is 19.0 Å². The van der Waals surface area contributed by atoms with Crippen LogP contribution in [0.2, 0.25) is 0 Å². The summed E-state index contributed by atoms with van der Waals surface area (Å²) < 4.78 is 1.91. The van der Waals surface area contributed by atoms with E-state index in [9.17, 15) is 0 Å². The third-order valence-electron chi connectivity index (χ3n) is 1.81. The average Bonchev–Trinajstić information content (AvgIpc) is 2.29. The number of aromatic nitrogens is 2. The molecule has 0 bridgehead atoms. The Labute approximate surface area is 67.4 Å². The molecule has 0 atom stereocenters. The molecule has 0 aromatic carbocycles. The lowest BCUT2D eigenvalue weighted by Crippen LogP contribution is -2.15. The van der Waals surface area contributed by atoms with Gasteiger partial charge in [-0.15, -0.1) is 0 Å². The summed E-state index contributed by atoms with van der Waals surface area (Å²) in [6, 6.07) is 0. The quantitative estimate of drug-likeness (QED) is 0.697. The van der Waals surface area contributed by atoms with Crippen molar-refractivity contribution in [1.29, 1.82) is 0 Å². The number of nitrogens with zero attached hydrogens (tertiary/aromatic N) is 2. The predicted molar refractivity (Wildman–Crippen MR) is 45.3 cm³/mol. The molecular formula is C8H15N3. The lowest BCUT2D eigenvalue weighted by atomic mass is 10.3. The van der Waals surface area contributed by atoms with E-state index < -0.39 is 0 Å². The minimum absolute atomic E-state index is 0.916. The van der Waals surface area contributed by atoms with Crippen LogP contribution in [-0.2, 0) is 13.6 Å². The zero-order chi connectivity index (χ0) is 8.27. The predicted octanol–water partition coefficient (Wildman–Crippen LogP) is 0.838. The molecular weight excluding hydrogens is 138 g/mol. The van der Waals surface area contributed by atoms with E-state index in [2.05, 4.69) is 24.3 Å². The molecule has 62 valence electrons. The molecule has 3 heteroatoms. The van der Waals surface area contributed by atoms with Crippen molar-refractivity contribution >= 4 is 0 Å². The van der Waals surface area contributed by atoms with E-state index in [-0.39, 0.29) is 0 Å². The van der Waals surface area contributed by atoms with Gasteiger partial charge in [0.25, 0.3) is 0 Å². The van der Waals surface area contributed by atoms with Crippen molar-refractivity contribution in [2.45, 2.75) is 20.4 Å². The molecule has 1 heterocycles. The molecule has 1 rings (SSSR count). The van der Waals surface area contributed by atoms with Gasteiger partial charge in [-0.3, -0.25) is 4.68 Å². The summed E-state index contributed by atoms with van der Waals surface area (Å²) in [5.41, 5.74) is 2.53. The van der Waals surface area contributed by atoms with Gasteiger partial charge in [0.05, 0.1) is 11.9 Å². The number of hydrogen-bond acceptors (Lipinski definition) is 2. The van der Waals surface area contributed by atoms with Crippen LogP contribution in [0.5, 0.6) is 0 Å². The summed E-state index contributed by atoms with van der Waals surface area (Å²) in [5, 5.41) is 7.42. The van der Waals surface area contributed by atoms with E-state index in [0.29, 0.717) is 0 Å². The zero-order valence-corrected chi connectivity index (χ0v) is 7.39. The highest BCUT2D eigenvalue weighted by molar-refractivity contribution is 5.14. The van der Waals surface area contributed by atoms with Gasteiger partial charge >= 0.3 is 0 Å². The maximum Gasteiger partial charge on any atom is 0.0547 e. The molecule has 0 fully saturated rings. The Morgan fingerprint density at radius 1 is 1.64 bits per heavy atom. The molecule has 3 nitrogen and oxygen atoms in total. The van der Waals surface area contributed by atoms with E-state index in [1.54, 1.807) is 0 Å². The Balaban J connectivity index is 2.67. The summed E-state index contributed by atoms with van der Waals surface area (Å²) in [6.45, 7) is 6.11. The van der Waals surface area contributed by atoms with Gasteiger partial charge in [0.15, 0.2) is 0 Å². The number of aryl methyl sites for hydroxylation is 2. The lowest BCUT2D eigenvalue weighted by Gasteiger charge is -2.03. The second-order valence-corrected chi connectivity index (χ2v) is 2.68. The van der Waals surface area contributed by atoms with E-state index >= 15 is 0 Å². The maximum absolute atomic E-state index is 4.15. The van der Waals surface area contributed by atoms with E-state index in [1.807, 2.05) is 17.9 Å². The molecule has 0 spiro atoms. The fraction of sp³-hybridized carbons (Fsp3) is 0.625. The highest BCUT2D eigenvalue weighted by atomic mass is 15.3. The molecule has 0 aliphatic carbocycles. The summed E-state index contributed by atoms with van der Waals surface area (Å²) in [4.78, 5) is 0. The number of hydrogen-bond donors (Lipinski definition) is 1. The van der Waals surface area contributed by atoms with Crippen LogP contribution in [0.1, 0.15) is 18.2 Å². The molecule has 11 heavy (non-hydrogen) atoms. The van der Waals surface area contributed by atoms with Gasteiger partial charge < -0.3 is 5.32 Å². The van der Waals surface area contributed by atoms with Gasteiger partial charge in [0.2, 0.25) is 0 Å². The van der Waals surface area contributed by atoms with Crippen molar-refractivity contribution < 1.29 is 0 Å². The van der Waals surface area contributed by atoms with Crippen LogP contribution in [0.3, 0.4) is 0 Å². The van der Waals surface area contributed by atoms with Gasteiger partial charge in [-0.2, -0.15) is 5.10 Å². The number of rotatable bonds is 3. The highest BCUT2D eigenvalue weighted by Gasteiger charge is 2.01. The molecule has 0 radical (unpaired) electrons. The molecule has 0 unspecified atom stereocenters. The first-order valence-electron chi connectivity index (χ1n) is 3.94. The Morgan fingerprint density at radius 3 is 2.82 bits per heavy atom. The third-order valence-corrected chi connectivity index (χ3v) is 1.81. The van der Waals surface area contributed by atoms with Crippen molar-refractivity contribution in [2.75, 3.05) is 6.54 Å². The van der Waals surface area contributed by atoms with Crippen LogP contribution < -0.4 is 5.32 Å². The maximum atomic E-state index is 4.15. The standard InChI is InChI=1S/C8H15N3/c1-4-9-6-8-7(2)5-10-11(8)3/h5,9H,4,6H2,1-3H3. The van der Waals surface area contributed by atoms with E-state index in [4.69, 9.17) is 0 Å². The first-order valence-corrected chi connectivity index (χ1v) is 3.94. The summed E-state index contributed by atoms with van der Waals surface area (Å²) in [5.74, 6) is 0. The fourth-order valence-electron chi connectivity index (χ4n) is 1.07.